The highest BCUT2D eigenvalue weighted by atomic mass is 16.5. The fourth-order valence-electron chi connectivity index (χ4n) is 6.78. The zero-order valence-corrected chi connectivity index (χ0v) is 25.2. The largest absolute Gasteiger partial charge is 0.507 e. The molecular formula is C31H45N7O4. The van der Waals surface area contributed by atoms with Crippen molar-refractivity contribution in [3.8, 4) is 17.0 Å². The van der Waals surface area contributed by atoms with Crippen molar-refractivity contribution in [1.82, 2.24) is 24.9 Å². The van der Waals surface area contributed by atoms with Gasteiger partial charge in [-0.2, -0.15) is 0 Å². The number of phenolic OH excluding ortho intramolecular Hbond substituents is 1. The van der Waals surface area contributed by atoms with E-state index in [1.165, 1.54) is 46.1 Å². The zero-order chi connectivity index (χ0) is 29.7. The standard InChI is InChI=1S/C17H21N5O2.C14H24N2O2/c1-21(10-11-23)8-9-22-7-6-18-17-15(22)12-14(19-20-17)13-4-2-3-5-16(13)24;1-15-3-5-16(6-4-15)12-9-14(10-12)7-11(8-14)13(17)18-2/h2-5,11-12,24H,6-10H2,1H3,(H,18,20);11-12H,3-10H2,1-2H3. The maximum atomic E-state index is 11.4. The van der Waals surface area contributed by atoms with Crippen LogP contribution in [0.15, 0.2) is 30.3 Å². The van der Waals surface area contributed by atoms with Gasteiger partial charge in [0, 0.05) is 64.0 Å². The van der Waals surface area contributed by atoms with Crippen molar-refractivity contribution in [1.29, 1.82) is 0 Å². The molecule has 3 fully saturated rings. The molecule has 11 nitrogen and oxygen atoms in total. The maximum absolute atomic E-state index is 11.4. The Balaban J connectivity index is 0.000000175. The molecule has 0 radical (unpaired) electrons. The van der Waals surface area contributed by atoms with E-state index < -0.39 is 0 Å². The lowest BCUT2D eigenvalue weighted by molar-refractivity contribution is -0.163. The van der Waals surface area contributed by atoms with E-state index in [-0.39, 0.29) is 17.6 Å². The van der Waals surface area contributed by atoms with Crippen LogP contribution < -0.4 is 10.2 Å². The number of likely N-dealkylation sites (N-methyl/N-ethyl adjacent to an activating group) is 2. The molecular weight excluding hydrogens is 534 g/mol. The van der Waals surface area contributed by atoms with Crippen molar-refractivity contribution in [3.63, 3.8) is 0 Å². The van der Waals surface area contributed by atoms with Gasteiger partial charge in [0.05, 0.1) is 31.0 Å². The number of nitrogens with zero attached hydrogens (tertiary/aromatic N) is 6. The Labute approximate surface area is 248 Å². The fourth-order valence-corrected chi connectivity index (χ4v) is 6.78. The molecule has 0 bridgehead atoms. The van der Waals surface area contributed by atoms with Crippen LogP contribution >= 0.6 is 0 Å². The number of rotatable bonds is 8. The highest BCUT2D eigenvalue weighted by Gasteiger charge is 2.56. The molecule has 2 aliphatic carbocycles. The summed E-state index contributed by atoms with van der Waals surface area (Å²) in [5.74, 6) is 1.14. The second-order valence-electron chi connectivity index (χ2n) is 12.4. The van der Waals surface area contributed by atoms with Crippen LogP contribution in [0.4, 0.5) is 11.5 Å². The number of carbonyl (C=O) groups excluding carboxylic acids is 2. The number of para-hydroxylation sites is 1. The van der Waals surface area contributed by atoms with E-state index in [1.807, 2.05) is 30.1 Å². The number of hydrogen-bond acceptors (Lipinski definition) is 11. The van der Waals surface area contributed by atoms with Crippen molar-refractivity contribution in [2.45, 2.75) is 31.7 Å². The van der Waals surface area contributed by atoms with Crippen LogP contribution in [0, 0.1) is 11.3 Å². The fraction of sp³-hybridized carbons (Fsp3) is 0.613. The summed E-state index contributed by atoms with van der Waals surface area (Å²) in [4.78, 5) is 31.3. The second kappa shape index (κ2) is 13.4. The lowest BCUT2D eigenvalue weighted by Crippen LogP contribution is -2.60. The number of piperazine rings is 1. The van der Waals surface area contributed by atoms with Crippen molar-refractivity contribution in [2.75, 3.05) is 90.3 Å². The van der Waals surface area contributed by atoms with Gasteiger partial charge in [-0.15, -0.1) is 10.2 Å². The van der Waals surface area contributed by atoms with Crippen LogP contribution in [0.25, 0.3) is 11.3 Å². The molecule has 6 rings (SSSR count). The van der Waals surface area contributed by atoms with Crippen LogP contribution in [-0.2, 0) is 14.3 Å². The van der Waals surface area contributed by atoms with E-state index in [2.05, 4.69) is 37.3 Å². The maximum Gasteiger partial charge on any atom is 0.308 e. The Hall–Kier alpha value is -3.28. The third kappa shape index (κ3) is 6.85. The first-order valence-corrected chi connectivity index (χ1v) is 15.1. The van der Waals surface area contributed by atoms with Crippen molar-refractivity contribution < 1.29 is 19.4 Å². The van der Waals surface area contributed by atoms with Gasteiger partial charge in [0.25, 0.3) is 0 Å². The quantitative estimate of drug-likeness (QED) is 0.354. The van der Waals surface area contributed by atoms with Crippen LogP contribution in [0.5, 0.6) is 5.75 Å². The number of benzene rings is 1. The Morgan fingerprint density at radius 3 is 2.57 bits per heavy atom. The van der Waals surface area contributed by atoms with E-state index in [0.717, 1.165) is 62.9 Å². The predicted molar refractivity (Wildman–Crippen MR) is 163 cm³/mol. The summed E-state index contributed by atoms with van der Waals surface area (Å²) >= 11 is 0. The first-order valence-electron chi connectivity index (χ1n) is 15.1. The van der Waals surface area contributed by atoms with Crippen molar-refractivity contribution in [3.05, 3.63) is 30.3 Å². The number of esters is 1. The third-order valence-electron chi connectivity index (χ3n) is 9.39. The molecule has 2 aromatic rings. The molecule has 0 unspecified atom stereocenters. The third-order valence-corrected chi connectivity index (χ3v) is 9.39. The molecule has 2 N–H and O–H groups in total. The number of aldehydes is 1. The minimum atomic E-state index is 0.00340. The minimum absolute atomic E-state index is 0.00340. The average Bonchev–Trinajstić information content (AvgIpc) is 2.96. The zero-order valence-electron chi connectivity index (χ0n) is 25.2. The summed E-state index contributed by atoms with van der Waals surface area (Å²) < 4.78 is 4.82. The number of anilines is 2. The number of hydrogen-bond donors (Lipinski definition) is 2. The summed E-state index contributed by atoms with van der Waals surface area (Å²) in [6.45, 7) is 8.51. The van der Waals surface area contributed by atoms with Gasteiger partial charge >= 0.3 is 5.97 Å². The van der Waals surface area contributed by atoms with Crippen LogP contribution in [0.2, 0.25) is 0 Å². The molecule has 4 aliphatic rings. The Kier molecular flexibility index (Phi) is 9.60. The predicted octanol–water partition coefficient (Wildman–Crippen LogP) is 2.18. The molecule has 11 heteroatoms. The van der Waals surface area contributed by atoms with Crippen molar-refractivity contribution in [2.24, 2.45) is 11.3 Å². The second-order valence-corrected chi connectivity index (χ2v) is 12.4. The van der Waals surface area contributed by atoms with E-state index in [9.17, 15) is 14.7 Å². The molecule has 42 heavy (non-hydrogen) atoms. The number of nitrogens with one attached hydrogen (secondary N) is 1. The number of carbonyl (C=O) groups is 2. The molecule has 0 amide bonds. The summed E-state index contributed by atoms with van der Waals surface area (Å²) in [5, 5.41) is 21.8. The summed E-state index contributed by atoms with van der Waals surface area (Å²) in [5.41, 5.74) is 2.78. The number of aromatic hydroxyl groups is 1. The van der Waals surface area contributed by atoms with Gasteiger partial charge in [0.15, 0.2) is 5.82 Å². The van der Waals surface area contributed by atoms with Gasteiger partial charge in [-0.1, -0.05) is 12.1 Å². The molecule has 1 spiro atoms. The highest BCUT2D eigenvalue weighted by Crippen LogP contribution is 2.60. The number of fused-ring (bicyclic) bond motifs is 1. The molecule has 0 atom stereocenters. The van der Waals surface area contributed by atoms with Gasteiger partial charge in [-0.25, -0.2) is 0 Å². The topological polar surface area (TPSA) is 114 Å². The van der Waals surface area contributed by atoms with Crippen LogP contribution in [-0.4, -0.2) is 128 Å². The Morgan fingerprint density at radius 2 is 1.88 bits per heavy atom. The summed E-state index contributed by atoms with van der Waals surface area (Å²) in [6.07, 6.45) is 5.68. The van der Waals surface area contributed by atoms with Gasteiger partial charge in [-0.3, -0.25) is 14.6 Å². The first kappa shape index (κ1) is 30.2. The number of aromatic nitrogens is 2. The average molecular weight is 580 g/mol. The lowest BCUT2D eigenvalue weighted by Gasteiger charge is -2.60. The molecule has 1 saturated heterocycles. The number of phenols is 1. The highest BCUT2D eigenvalue weighted by molar-refractivity contribution is 5.76. The van der Waals surface area contributed by atoms with Crippen LogP contribution in [0.1, 0.15) is 25.7 Å². The number of ether oxygens (including phenoxy) is 1. The first-order chi connectivity index (χ1) is 20.3. The molecule has 1 aromatic carbocycles. The normalized spacial score (nSPS) is 25.4. The van der Waals surface area contributed by atoms with E-state index >= 15 is 0 Å². The Bertz CT molecular complexity index is 1220. The lowest BCUT2D eigenvalue weighted by atomic mass is 9.49. The molecule has 1 aromatic heterocycles. The monoisotopic (exact) mass is 579 g/mol. The van der Waals surface area contributed by atoms with E-state index in [0.29, 0.717) is 23.2 Å². The summed E-state index contributed by atoms with van der Waals surface area (Å²) in [7, 11) is 5.63. The summed E-state index contributed by atoms with van der Waals surface area (Å²) in [6, 6.07) is 9.84. The van der Waals surface area contributed by atoms with Crippen molar-refractivity contribution >= 4 is 23.8 Å². The molecule has 2 aliphatic heterocycles. The smallest absolute Gasteiger partial charge is 0.308 e. The van der Waals surface area contributed by atoms with E-state index in [4.69, 9.17) is 4.74 Å². The van der Waals surface area contributed by atoms with Gasteiger partial charge in [0.1, 0.15) is 12.0 Å². The molecule has 228 valence electrons. The minimum Gasteiger partial charge on any atom is -0.507 e. The van der Waals surface area contributed by atoms with Gasteiger partial charge in [0.2, 0.25) is 0 Å². The molecule has 2 saturated carbocycles. The molecule has 3 heterocycles. The SMILES string of the molecule is CN(CC=O)CCN1CCNc2nnc(-c3ccccc3O)cc21.COC(=O)C1CC2(C1)CC(N1CCN(C)CC1)C2. The van der Waals surface area contributed by atoms with Crippen LogP contribution in [0.3, 0.4) is 0 Å². The number of methoxy groups -OCH3 is 1. The Morgan fingerprint density at radius 1 is 1.14 bits per heavy atom. The van der Waals surface area contributed by atoms with E-state index in [1.54, 1.807) is 12.1 Å². The van der Waals surface area contributed by atoms with Gasteiger partial charge < -0.3 is 29.8 Å². The van der Waals surface area contributed by atoms with Gasteiger partial charge in [-0.05, 0) is 63.4 Å².